The van der Waals surface area contributed by atoms with Gasteiger partial charge in [0.25, 0.3) is 11.8 Å². The number of anilines is 1. The van der Waals surface area contributed by atoms with Crippen LogP contribution in [0, 0.1) is 0 Å². The number of halogens is 3. The lowest BCUT2D eigenvalue weighted by Gasteiger charge is -2.12. The number of nitrogens with one attached hydrogen (secondary N) is 2. The van der Waals surface area contributed by atoms with E-state index in [2.05, 4.69) is 32.5 Å². The average Bonchev–Trinajstić information content (AvgIpc) is 3.37. The molecule has 0 aliphatic rings. The molecule has 0 unspecified atom stereocenters. The van der Waals surface area contributed by atoms with E-state index in [4.69, 9.17) is 14.6 Å². The number of ether oxygens (including phenoxy) is 1. The minimum Gasteiger partial charge on any atom is -0.491 e. The predicted molar refractivity (Wildman–Crippen MR) is 130 cm³/mol. The van der Waals surface area contributed by atoms with Crippen LogP contribution in [0.15, 0.2) is 61.4 Å². The first kappa shape index (κ1) is 29.5. The van der Waals surface area contributed by atoms with Crippen LogP contribution in [0.1, 0.15) is 40.6 Å². The Morgan fingerprint density at radius 2 is 1.92 bits per heavy atom. The topological polar surface area (TPSA) is 148 Å². The number of nitrogens with zero attached hydrogens (tertiary/aromatic N) is 4. The van der Waals surface area contributed by atoms with Crippen LogP contribution in [-0.4, -0.2) is 62.2 Å². The van der Waals surface area contributed by atoms with Gasteiger partial charge in [-0.2, -0.15) is 13.2 Å². The Balaban J connectivity index is 0.000000638. The molecule has 0 bridgehead atoms. The highest BCUT2D eigenvalue weighted by atomic mass is 19.4. The normalized spacial score (nSPS) is 10.5. The summed E-state index contributed by atoms with van der Waals surface area (Å²) in [6.45, 7) is 6.52. The molecule has 2 amide bonds. The molecule has 3 rings (SSSR count). The fraction of sp³-hybridized carbons (Fsp3) is 0.250. The van der Waals surface area contributed by atoms with Crippen LogP contribution in [0.25, 0.3) is 5.69 Å². The Hall–Kier alpha value is -4.75. The van der Waals surface area contributed by atoms with Crippen LogP contribution in [0.4, 0.5) is 19.0 Å². The standard InChI is InChI=1S/C22H24N6O3.C2HF3O2/c1-3-5-8-13-31-19-14-16(21(29)23-4-2)10-11-18(19)28-15-17(26-27-28)22(30)25-20-9-6-7-12-24-20;3-2(4,5)1(6)7/h3,6-7,9-12,14-15H,1,4-5,8,13H2,2H3,(H,23,29)(H,24,25,30);(H,6,7). The smallest absolute Gasteiger partial charge is 0.490 e. The molecule has 0 atom stereocenters. The van der Waals surface area contributed by atoms with Gasteiger partial charge in [-0.1, -0.05) is 17.4 Å². The van der Waals surface area contributed by atoms with E-state index in [1.807, 2.05) is 13.0 Å². The lowest BCUT2D eigenvalue weighted by Crippen LogP contribution is -2.22. The SMILES string of the molecule is C=CCCCOc1cc(C(=O)NCC)ccc1-n1cc(C(=O)Nc2ccccn2)nn1.O=C(O)C(F)(F)F. The van der Waals surface area contributed by atoms with Crippen LogP contribution in [0.2, 0.25) is 0 Å². The second-order valence-corrected chi connectivity index (χ2v) is 7.34. The maximum Gasteiger partial charge on any atom is 0.490 e. The number of aromatic nitrogens is 4. The van der Waals surface area contributed by atoms with Gasteiger partial charge in [-0.3, -0.25) is 9.59 Å². The number of rotatable bonds is 10. The molecule has 38 heavy (non-hydrogen) atoms. The summed E-state index contributed by atoms with van der Waals surface area (Å²) in [7, 11) is 0. The minimum atomic E-state index is -5.08. The summed E-state index contributed by atoms with van der Waals surface area (Å²) in [5, 5.41) is 20.6. The molecule has 1 aromatic carbocycles. The van der Waals surface area contributed by atoms with E-state index in [9.17, 15) is 22.8 Å². The molecule has 3 N–H and O–H groups in total. The Bertz CT molecular complexity index is 1250. The Morgan fingerprint density at radius 1 is 1.18 bits per heavy atom. The molecule has 3 aromatic rings. The van der Waals surface area contributed by atoms with Crippen molar-refractivity contribution in [2.45, 2.75) is 25.9 Å². The summed E-state index contributed by atoms with van der Waals surface area (Å²) in [5.41, 5.74) is 1.16. The van der Waals surface area contributed by atoms with E-state index in [-0.39, 0.29) is 11.6 Å². The summed E-state index contributed by atoms with van der Waals surface area (Å²) < 4.78 is 39.1. The summed E-state index contributed by atoms with van der Waals surface area (Å²) >= 11 is 0. The minimum absolute atomic E-state index is 0.121. The van der Waals surface area contributed by atoms with Crippen molar-refractivity contribution < 1.29 is 37.4 Å². The summed E-state index contributed by atoms with van der Waals surface area (Å²) in [6, 6.07) is 10.2. The van der Waals surface area contributed by atoms with Gasteiger partial charge in [0.1, 0.15) is 17.3 Å². The van der Waals surface area contributed by atoms with Crippen LogP contribution in [-0.2, 0) is 4.79 Å². The van der Waals surface area contributed by atoms with Crippen molar-refractivity contribution in [2.75, 3.05) is 18.5 Å². The Morgan fingerprint density at radius 3 is 2.53 bits per heavy atom. The number of carbonyl (C=O) groups is 3. The van der Waals surface area contributed by atoms with Crippen molar-refractivity contribution >= 4 is 23.6 Å². The number of amides is 2. The van der Waals surface area contributed by atoms with Gasteiger partial charge in [0.2, 0.25) is 0 Å². The van der Waals surface area contributed by atoms with E-state index < -0.39 is 18.1 Å². The highest BCUT2D eigenvalue weighted by Gasteiger charge is 2.38. The van der Waals surface area contributed by atoms with Gasteiger partial charge in [-0.05, 0) is 50.1 Å². The third-order valence-corrected chi connectivity index (χ3v) is 4.49. The van der Waals surface area contributed by atoms with Crippen molar-refractivity contribution in [1.82, 2.24) is 25.3 Å². The third-order valence-electron chi connectivity index (χ3n) is 4.49. The number of aliphatic carboxylic acids is 1. The van der Waals surface area contributed by atoms with Gasteiger partial charge in [-0.15, -0.1) is 11.7 Å². The van der Waals surface area contributed by atoms with Gasteiger partial charge in [0.05, 0.1) is 12.8 Å². The molecule has 11 nitrogen and oxygen atoms in total. The number of pyridine rings is 1. The molecular formula is C24H25F3N6O5. The molecule has 0 saturated carbocycles. The molecule has 2 aromatic heterocycles. The molecule has 0 spiro atoms. The van der Waals surface area contributed by atoms with Crippen molar-refractivity contribution in [3.05, 3.63) is 72.7 Å². The zero-order valence-electron chi connectivity index (χ0n) is 20.2. The van der Waals surface area contributed by atoms with Crippen molar-refractivity contribution in [1.29, 1.82) is 0 Å². The predicted octanol–water partition coefficient (Wildman–Crippen LogP) is 3.64. The first-order chi connectivity index (χ1) is 18.1. The lowest BCUT2D eigenvalue weighted by molar-refractivity contribution is -0.192. The van der Waals surface area contributed by atoms with Crippen LogP contribution in [0.5, 0.6) is 5.75 Å². The first-order valence-corrected chi connectivity index (χ1v) is 11.2. The molecule has 14 heteroatoms. The van der Waals surface area contributed by atoms with Crippen molar-refractivity contribution in [3.63, 3.8) is 0 Å². The van der Waals surface area contributed by atoms with Gasteiger partial charge in [-0.25, -0.2) is 14.5 Å². The summed E-state index contributed by atoms with van der Waals surface area (Å²) in [4.78, 5) is 37.6. The summed E-state index contributed by atoms with van der Waals surface area (Å²) in [6.07, 6.45) is 1.41. The molecule has 0 saturated heterocycles. The number of benzene rings is 1. The number of unbranched alkanes of at least 4 members (excludes halogenated alkanes) is 1. The number of hydrogen-bond acceptors (Lipinski definition) is 7. The molecule has 2 heterocycles. The first-order valence-electron chi connectivity index (χ1n) is 11.2. The fourth-order valence-corrected chi connectivity index (χ4v) is 2.74. The van der Waals surface area contributed by atoms with Crippen molar-refractivity contribution in [2.24, 2.45) is 0 Å². The van der Waals surface area contributed by atoms with Crippen LogP contribution < -0.4 is 15.4 Å². The van der Waals surface area contributed by atoms with Gasteiger partial charge < -0.3 is 20.5 Å². The third kappa shape index (κ3) is 9.04. The molecule has 0 aliphatic heterocycles. The van der Waals surface area contributed by atoms with Crippen LogP contribution in [0.3, 0.4) is 0 Å². The zero-order valence-corrected chi connectivity index (χ0v) is 20.2. The van der Waals surface area contributed by atoms with E-state index in [1.54, 1.807) is 42.6 Å². The van der Waals surface area contributed by atoms with E-state index in [1.165, 1.54) is 10.9 Å². The van der Waals surface area contributed by atoms with E-state index in [0.29, 0.717) is 36.0 Å². The second-order valence-electron chi connectivity index (χ2n) is 7.34. The number of allylic oxidation sites excluding steroid dienone is 1. The highest BCUT2D eigenvalue weighted by Crippen LogP contribution is 2.25. The highest BCUT2D eigenvalue weighted by molar-refractivity contribution is 6.02. The molecule has 202 valence electrons. The second kappa shape index (κ2) is 14.1. The number of alkyl halides is 3. The average molecular weight is 534 g/mol. The van der Waals surface area contributed by atoms with Crippen molar-refractivity contribution in [3.8, 4) is 11.4 Å². The number of hydrogen-bond donors (Lipinski definition) is 3. The largest absolute Gasteiger partial charge is 0.491 e. The number of carboxylic acid groups (broad SMARTS) is 1. The molecule has 0 radical (unpaired) electrons. The molecular weight excluding hydrogens is 509 g/mol. The lowest BCUT2D eigenvalue weighted by atomic mass is 10.1. The van der Waals surface area contributed by atoms with E-state index in [0.717, 1.165) is 12.8 Å². The Kier molecular flexibility index (Phi) is 10.9. The maximum absolute atomic E-state index is 12.4. The fourth-order valence-electron chi connectivity index (χ4n) is 2.74. The monoisotopic (exact) mass is 534 g/mol. The van der Waals surface area contributed by atoms with Gasteiger partial charge >= 0.3 is 12.1 Å². The van der Waals surface area contributed by atoms with Crippen LogP contribution >= 0.6 is 0 Å². The quantitative estimate of drug-likeness (QED) is 0.264. The summed E-state index contributed by atoms with van der Waals surface area (Å²) in [5.74, 6) is -2.50. The molecule has 0 fully saturated rings. The van der Waals surface area contributed by atoms with E-state index >= 15 is 0 Å². The van der Waals surface area contributed by atoms with Gasteiger partial charge in [0, 0.05) is 18.3 Å². The molecule has 0 aliphatic carbocycles. The maximum atomic E-state index is 12.4. The number of carbonyl (C=O) groups excluding carboxylic acids is 2. The Labute approximate surface area is 215 Å². The van der Waals surface area contributed by atoms with Gasteiger partial charge in [0.15, 0.2) is 5.69 Å². The number of carboxylic acids is 1. The zero-order chi connectivity index (χ0) is 28.1.